The van der Waals surface area contributed by atoms with Crippen molar-refractivity contribution in [1.82, 2.24) is 14.8 Å². The SMILES string of the molecule is COc1ccc(/C(O)=C2\C(=O)C(=O)N(CCN(C)C)C2c2c[nH]c3ccccc23)cc1OC. The monoisotopic (exact) mass is 449 g/mol. The molecular formula is C25H27N3O5. The molecule has 1 aromatic heterocycles. The number of likely N-dealkylation sites (N-methyl/N-ethyl adjacent to an activating group) is 1. The van der Waals surface area contributed by atoms with Gasteiger partial charge < -0.3 is 29.4 Å². The van der Waals surface area contributed by atoms with E-state index < -0.39 is 17.7 Å². The fraction of sp³-hybridized carbons (Fsp3) is 0.280. The van der Waals surface area contributed by atoms with Crippen LogP contribution in [0.1, 0.15) is 17.2 Å². The third-order valence-electron chi connectivity index (χ3n) is 5.90. The lowest BCUT2D eigenvalue weighted by Gasteiger charge is -2.26. The topological polar surface area (TPSA) is 95.1 Å². The number of hydrogen-bond acceptors (Lipinski definition) is 6. The van der Waals surface area contributed by atoms with Crippen molar-refractivity contribution < 1.29 is 24.2 Å². The van der Waals surface area contributed by atoms with Crippen molar-refractivity contribution >= 4 is 28.4 Å². The number of amides is 1. The first-order valence-electron chi connectivity index (χ1n) is 10.6. The quantitative estimate of drug-likeness (QED) is 0.327. The van der Waals surface area contributed by atoms with Gasteiger partial charge in [0.05, 0.1) is 25.8 Å². The van der Waals surface area contributed by atoms with Crippen molar-refractivity contribution in [2.24, 2.45) is 0 Å². The molecule has 0 saturated carbocycles. The molecule has 3 aromatic rings. The molecule has 8 heteroatoms. The van der Waals surface area contributed by atoms with Crippen LogP contribution >= 0.6 is 0 Å². The number of methoxy groups -OCH3 is 2. The summed E-state index contributed by atoms with van der Waals surface area (Å²) in [6.07, 6.45) is 1.80. The molecule has 1 fully saturated rings. The average molecular weight is 450 g/mol. The lowest BCUT2D eigenvalue weighted by molar-refractivity contribution is -0.140. The lowest BCUT2D eigenvalue weighted by atomic mass is 9.95. The van der Waals surface area contributed by atoms with E-state index in [1.54, 1.807) is 24.4 Å². The molecule has 2 heterocycles. The number of benzene rings is 2. The number of para-hydroxylation sites is 1. The van der Waals surface area contributed by atoms with Gasteiger partial charge in [-0.15, -0.1) is 0 Å². The van der Waals surface area contributed by atoms with Crippen molar-refractivity contribution in [3.05, 3.63) is 65.4 Å². The number of aromatic nitrogens is 1. The number of nitrogens with one attached hydrogen (secondary N) is 1. The number of likely N-dealkylation sites (tertiary alicyclic amines) is 1. The second-order valence-corrected chi connectivity index (χ2v) is 8.16. The Morgan fingerprint density at radius 1 is 1.09 bits per heavy atom. The summed E-state index contributed by atoms with van der Waals surface area (Å²) in [5, 5.41) is 12.2. The van der Waals surface area contributed by atoms with Crippen molar-refractivity contribution in [1.29, 1.82) is 0 Å². The predicted molar refractivity (Wildman–Crippen MR) is 125 cm³/mol. The summed E-state index contributed by atoms with van der Waals surface area (Å²) in [6, 6.07) is 11.8. The number of aromatic amines is 1. The van der Waals surface area contributed by atoms with E-state index in [1.807, 2.05) is 43.3 Å². The van der Waals surface area contributed by atoms with Gasteiger partial charge in [-0.25, -0.2) is 0 Å². The molecule has 0 bridgehead atoms. The number of H-pyrrole nitrogens is 1. The first-order chi connectivity index (χ1) is 15.9. The minimum absolute atomic E-state index is 0.0516. The van der Waals surface area contributed by atoms with Crippen LogP contribution in [0.15, 0.2) is 54.2 Å². The summed E-state index contributed by atoms with van der Waals surface area (Å²) in [5.41, 5.74) is 2.06. The molecule has 172 valence electrons. The molecule has 0 spiro atoms. The molecule has 2 aromatic carbocycles. The number of ketones is 1. The molecule has 1 unspecified atom stereocenters. The standard InChI is InChI=1S/C25H27N3O5/c1-27(2)11-12-28-22(17-14-26-18-8-6-5-7-16(17)18)21(24(30)25(28)31)23(29)15-9-10-19(32-3)20(13-15)33-4/h5-10,13-14,22,26,29H,11-12H2,1-4H3/b23-21+. The smallest absolute Gasteiger partial charge is 0.295 e. The van der Waals surface area contributed by atoms with Gasteiger partial charge in [0, 0.05) is 41.3 Å². The Morgan fingerprint density at radius 2 is 1.82 bits per heavy atom. The van der Waals surface area contributed by atoms with Gasteiger partial charge in [0.25, 0.3) is 11.7 Å². The molecular weight excluding hydrogens is 422 g/mol. The number of nitrogens with zero attached hydrogens (tertiary/aromatic N) is 2. The molecule has 1 amide bonds. The van der Waals surface area contributed by atoms with E-state index in [4.69, 9.17) is 9.47 Å². The van der Waals surface area contributed by atoms with E-state index in [0.717, 1.165) is 16.5 Å². The third-order valence-corrected chi connectivity index (χ3v) is 5.90. The Balaban J connectivity index is 1.90. The van der Waals surface area contributed by atoms with Gasteiger partial charge in [0.2, 0.25) is 0 Å². The first-order valence-corrected chi connectivity index (χ1v) is 10.6. The van der Waals surface area contributed by atoms with E-state index in [1.165, 1.54) is 19.1 Å². The summed E-state index contributed by atoms with van der Waals surface area (Å²) < 4.78 is 10.6. The summed E-state index contributed by atoms with van der Waals surface area (Å²) in [6.45, 7) is 0.909. The minimum Gasteiger partial charge on any atom is -0.507 e. The molecule has 1 aliphatic rings. The highest BCUT2D eigenvalue weighted by Crippen LogP contribution is 2.42. The maximum Gasteiger partial charge on any atom is 0.295 e. The number of carbonyl (C=O) groups excluding carboxylic acids is 2. The second-order valence-electron chi connectivity index (χ2n) is 8.16. The first kappa shape index (κ1) is 22.4. The number of Topliss-reactive ketones (excluding diaryl/α,β-unsaturated/α-hetero) is 1. The molecule has 1 aliphatic heterocycles. The highest BCUT2D eigenvalue weighted by molar-refractivity contribution is 6.46. The third kappa shape index (κ3) is 3.93. The number of fused-ring (bicyclic) bond motifs is 1. The zero-order chi connectivity index (χ0) is 23.7. The highest BCUT2D eigenvalue weighted by Gasteiger charge is 2.46. The fourth-order valence-electron chi connectivity index (χ4n) is 4.20. The normalized spacial score (nSPS) is 17.8. The number of hydrogen-bond donors (Lipinski definition) is 2. The van der Waals surface area contributed by atoms with E-state index in [2.05, 4.69) is 4.98 Å². The van der Waals surface area contributed by atoms with E-state index in [-0.39, 0.29) is 11.3 Å². The van der Waals surface area contributed by atoms with Gasteiger partial charge in [-0.1, -0.05) is 18.2 Å². The van der Waals surface area contributed by atoms with Gasteiger partial charge in [0.1, 0.15) is 5.76 Å². The Labute approximate surface area is 192 Å². The Morgan fingerprint density at radius 3 is 2.52 bits per heavy atom. The van der Waals surface area contributed by atoms with Crippen LogP contribution < -0.4 is 9.47 Å². The van der Waals surface area contributed by atoms with E-state index >= 15 is 0 Å². The summed E-state index contributed by atoms with van der Waals surface area (Å²) >= 11 is 0. The van der Waals surface area contributed by atoms with Gasteiger partial charge in [0.15, 0.2) is 11.5 Å². The Kier molecular flexibility index (Phi) is 6.11. The molecule has 33 heavy (non-hydrogen) atoms. The Hall–Kier alpha value is -3.78. The minimum atomic E-state index is -0.728. The van der Waals surface area contributed by atoms with Crippen molar-refractivity contribution in [2.45, 2.75) is 6.04 Å². The van der Waals surface area contributed by atoms with Gasteiger partial charge >= 0.3 is 0 Å². The van der Waals surface area contributed by atoms with Gasteiger partial charge in [-0.3, -0.25) is 9.59 Å². The van der Waals surface area contributed by atoms with Gasteiger partial charge in [-0.2, -0.15) is 0 Å². The van der Waals surface area contributed by atoms with Crippen LogP contribution in [0.2, 0.25) is 0 Å². The molecule has 1 saturated heterocycles. The fourth-order valence-corrected chi connectivity index (χ4v) is 4.20. The largest absolute Gasteiger partial charge is 0.507 e. The maximum absolute atomic E-state index is 13.2. The van der Waals surface area contributed by atoms with Crippen LogP contribution in [-0.4, -0.2) is 73.0 Å². The zero-order valence-corrected chi connectivity index (χ0v) is 19.1. The van der Waals surface area contributed by atoms with Crippen LogP contribution in [0.4, 0.5) is 0 Å². The molecule has 0 aliphatic carbocycles. The lowest BCUT2D eigenvalue weighted by Crippen LogP contribution is -2.35. The highest BCUT2D eigenvalue weighted by atomic mass is 16.5. The van der Waals surface area contributed by atoms with E-state index in [9.17, 15) is 14.7 Å². The summed E-state index contributed by atoms with van der Waals surface area (Å²) in [5.74, 6) is -0.692. The Bertz CT molecular complexity index is 1240. The molecule has 0 radical (unpaired) electrons. The molecule has 8 nitrogen and oxygen atoms in total. The van der Waals surface area contributed by atoms with E-state index in [0.29, 0.717) is 30.2 Å². The van der Waals surface area contributed by atoms with Gasteiger partial charge in [-0.05, 0) is 38.4 Å². The van der Waals surface area contributed by atoms with Crippen LogP contribution in [0, 0.1) is 0 Å². The molecule has 1 atom stereocenters. The number of carbonyl (C=O) groups is 2. The van der Waals surface area contributed by atoms with Crippen LogP contribution in [0.3, 0.4) is 0 Å². The average Bonchev–Trinajstić information content (AvgIpc) is 3.35. The maximum atomic E-state index is 13.2. The zero-order valence-electron chi connectivity index (χ0n) is 19.1. The van der Waals surface area contributed by atoms with Crippen LogP contribution in [0.25, 0.3) is 16.7 Å². The predicted octanol–water partition coefficient (Wildman–Crippen LogP) is 3.17. The number of aliphatic hydroxyl groups is 1. The van der Waals surface area contributed by atoms with Crippen LogP contribution in [0.5, 0.6) is 11.5 Å². The van der Waals surface area contributed by atoms with Crippen molar-refractivity contribution in [3.8, 4) is 11.5 Å². The number of ether oxygens (including phenoxy) is 2. The second kappa shape index (κ2) is 8.99. The van der Waals surface area contributed by atoms with Crippen LogP contribution in [-0.2, 0) is 9.59 Å². The molecule has 2 N–H and O–H groups in total. The number of rotatable bonds is 7. The number of aliphatic hydroxyl groups excluding tert-OH is 1. The van der Waals surface area contributed by atoms with Crippen molar-refractivity contribution in [3.63, 3.8) is 0 Å². The van der Waals surface area contributed by atoms with Crippen molar-refractivity contribution in [2.75, 3.05) is 41.4 Å². The molecule has 4 rings (SSSR count). The summed E-state index contributed by atoms with van der Waals surface area (Å²) in [4.78, 5) is 33.0. The summed E-state index contributed by atoms with van der Waals surface area (Å²) in [7, 11) is 6.82.